The first-order valence-corrected chi connectivity index (χ1v) is 7.69. The summed E-state index contributed by atoms with van der Waals surface area (Å²) in [5.74, 6) is -1.08. The summed E-state index contributed by atoms with van der Waals surface area (Å²) in [6.45, 7) is 0. The summed E-state index contributed by atoms with van der Waals surface area (Å²) in [4.78, 5) is 16.0. The highest BCUT2D eigenvalue weighted by atomic mass is 19.1. The molecule has 0 aliphatic rings. The molecule has 2 aromatic heterocycles. The molecule has 3 rings (SSSR count). The first-order chi connectivity index (χ1) is 12.5. The number of nitrogens with one attached hydrogen (secondary N) is 1. The number of carbonyl (C=O) groups is 1. The van der Waals surface area contributed by atoms with Gasteiger partial charge in [0.1, 0.15) is 5.82 Å². The van der Waals surface area contributed by atoms with Gasteiger partial charge in [0.05, 0.1) is 17.5 Å². The molecule has 2 heterocycles. The van der Waals surface area contributed by atoms with E-state index in [9.17, 15) is 9.18 Å². The van der Waals surface area contributed by atoms with Gasteiger partial charge in [-0.2, -0.15) is 0 Å². The van der Waals surface area contributed by atoms with E-state index in [1.165, 1.54) is 18.4 Å². The van der Waals surface area contributed by atoms with Crippen LogP contribution in [0.3, 0.4) is 0 Å². The molecule has 0 saturated carbocycles. The minimum atomic E-state index is -0.685. The van der Waals surface area contributed by atoms with Crippen molar-refractivity contribution < 1.29 is 19.0 Å². The van der Waals surface area contributed by atoms with Crippen LogP contribution in [0.4, 0.5) is 15.8 Å². The molecule has 7 heteroatoms. The van der Waals surface area contributed by atoms with Gasteiger partial charge < -0.3 is 15.5 Å². The normalized spacial score (nSPS) is 10.8. The second-order valence-corrected chi connectivity index (χ2v) is 5.43. The lowest BCUT2D eigenvalue weighted by Gasteiger charge is -2.08. The number of furan rings is 1. The highest BCUT2D eigenvalue weighted by Crippen LogP contribution is 2.23. The van der Waals surface area contributed by atoms with Gasteiger partial charge in [-0.05, 0) is 42.0 Å². The fourth-order valence-electron chi connectivity index (χ4n) is 2.28. The zero-order valence-electron chi connectivity index (χ0n) is 13.6. The van der Waals surface area contributed by atoms with Gasteiger partial charge in [-0.25, -0.2) is 4.39 Å². The Kier molecular flexibility index (Phi) is 4.89. The second kappa shape index (κ2) is 7.43. The van der Waals surface area contributed by atoms with E-state index < -0.39 is 11.7 Å². The molecule has 6 nitrogen and oxygen atoms in total. The topological polar surface area (TPSA) is 107 Å². The number of nitrogen functional groups attached to an aromatic ring is 1. The number of aromatic nitrogens is 1. The molecule has 0 unspecified atom stereocenters. The molecule has 1 aromatic carbocycles. The van der Waals surface area contributed by atoms with Crippen molar-refractivity contribution in [1.29, 1.82) is 0 Å². The lowest BCUT2D eigenvalue weighted by molar-refractivity contribution is -0.110. The van der Waals surface area contributed by atoms with Gasteiger partial charge in [-0.1, -0.05) is 6.07 Å². The van der Waals surface area contributed by atoms with Crippen LogP contribution >= 0.6 is 0 Å². The lowest BCUT2D eigenvalue weighted by Crippen LogP contribution is -2.39. The van der Waals surface area contributed by atoms with Crippen LogP contribution in [0.15, 0.2) is 65.5 Å². The number of pyridine rings is 1. The number of amides is 1. The van der Waals surface area contributed by atoms with E-state index in [2.05, 4.69) is 10.3 Å². The van der Waals surface area contributed by atoms with E-state index in [0.29, 0.717) is 0 Å². The van der Waals surface area contributed by atoms with Crippen molar-refractivity contribution in [3.05, 3.63) is 83.8 Å². The number of nitrogens with two attached hydrogens (primary N) is 2. The predicted octanol–water partition coefficient (Wildman–Crippen LogP) is 1.91. The van der Waals surface area contributed by atoms with Crippen molar-refractivity contribution in [1.82, 2.24) is 4.98 Å². The number of anilines is 2. The lowest BCUT2D eigenvalue weighted by atomic mass is 10.0. The average molecular weight is 351 g/mol. The first-order valence-electron chi connectivity index (χ1n) is 7.69. The van der Waals surface area contributed by atoms with Gasteiger partial charge in [0.25, 0.3) is 5.91 Å². The third-order valence-electron chi connectivity index (χ3n) is 3.58. The van der Waals surface area contributed by atoms with Gasteiger partial charge in [0, 0.05) is 24.2 Å². The van der Waals surface area contributed by atoms with E-state index in [-0.39, 0.29) is 28.4 Å². The van der Waals surface area contributed by atoms with Crippen LogP contribution in [0.5, 0.6) is 0 Å². The quantitative estimate of drug-likeness (QED) is 0.482. The van der Waals surface area contributed by atoms with Gasteiger partial charge in [-0.3, -0.25) is 15.2 Å². The highest BCUT2D eigenvalue weighted by molar-refractivity contribution is 6.11. The fraction of sp³-hybridized carbons (Fsp3) is 0. The molecule has 0 fully saturated rings. The maximum Gasteiger partial charge on any atom is 0.291 e. The Hall–Kier alpha value is -3.74. The van der Waals surface area contributed by atoms with Crippen LogP contribution in [0.25, 0.3) is 6.08 Å². The Morgan fingerprint density at radius 3 is 2.85 bits per heavy atom. The third-order valence-corrected chi connectivity index (χ3v) is 3.58. The van der Waals surface area contributed by atoms with Crippen LogP contribution in [0.2, 0.25) is 0 Å². The van der Waals surface area contributed by atoms with Gasteiger partial charge in [-0.15, -0.1) is 0 Å². The summed E-state index contributed by atoms with van der Waals surface area (Å²) < 4.78 is 19.2. The Balaban J connectivity index is 1.84. The zero-order chi connectivity index (χ0) is 18.5. The van der Waals surface area contributed by atoms with E-state index >= 15 is 0 Å². The predicted molar refractivity (Wildman–Crippen MR) is 96.8 cm³/mol. The maximum absolute atomic E-state index is 14.2. The number of carbonyl (C=O) groups excluding carboxylic acids is 1. The van der Waals surface area contributed by atoms with Gasteiger partial charge >= 0.3 is 0 Å². The molecule has 3 aromatic rings. The molecule has 5 N–H and O–H groups in total. The summed E-state index contributed by atoms with van der Waals surface area (Å²) in [6, 6.07) is 9.34. The molecule has 0 aliphatic heterocycles. The van der Waals surface area contributed by atoms with E-state index in [4.69, 9.17) is 15.6 Å². The van der Waals surface area contributed by atoms with Crippen LogP contribution < -0.4 is 16.5 Å². The van der Waals surface area contributed by atoms with E-state index in [1.807, 2.05) is 6.07 Å². The van der Waals surface area contributed by atoms with Crippen molar-refractivity contribution in [2.24, 2.45) is 0 Å². The zero-order valence-corrected chi connectivity index (χ0v) is 13.6. The Morgan fingerprint density at radius 1 is 1.31 bits per heavy atom. The molecule has 26 heavy (non-hydrogen) atoms. The number of nitrogens with zero attached hydrogens (tertiary/aromatic N) is 1. The van der Waals surface area contributed by atoms with Crippen molar-refractivity contribution in [2.75, 3.05) is 11.1 Å². The molecule has 0 atom stereocenters. The smallest absolute Gasteiger partial charge is 0.291 e. The molecule has 1 amide bonds. The monoisotopic (exact) mass is 351 g/mol. The van der Waals surface area contributed by atoms with Crippen molar-refractivity contribution in [3.8, 4) is 0 Å². The minimum Gasteiger partial charge on any atom is -0.459 e. The summed E-state index contributed by atoms with van der Waals surface area (Å²) in [5, 5.41) is 8.59. The highest BCUT2D eigenvalue weighted by Gasteiger charge is 2.16. The average Bonchev–Trinajstić information content (AvgIpc) is 3.18. The number of allylic oxidation sites excluding steroid dienone is 1. The largest absolute Gasteiger partial charge is 0.459 e. The number of hydrogen-bond donors (Lipinski definition) is 3. The third kappa shape index (κ3) is 3.84. The minimum absolute atomic E-state index is 0.102. The maximum atomic E-state index is 14.2. The van der Waals surface area contributed by atoms with E-state index in [1.54, 1.807) is 36.7 Å². The van der Waals surface area contributed by atoms with Gasteiger partial charge in [0.15, 0.2) is 5.76 Å². The summed E-state index contributed by atoms with van der Waals surface area (Å²) >= 11 is 0. The second-order valence-electron chi connectivity index (χ2n) is 5.43. The summed E-state index contributed by atoms with van der Waals surface area (Å²) in [7, 11) is 0. The molecule has 130 valence electrons. The molecule has 0 radical (unpaired) electrons. The van der Waals surface area contributed by atoms with Crippen molar-refractivity contribution in [3.63, 3.8) is 0 Å². The van der Waals surface area contributed by atoms with Crippen molar-refractivity contribution in [2.45, 2.75) is 0 Å². The first kappa shape index (κ1) is 17.1. The number of halogens is 1. The Bertz CT molecular complexity index is 967. The Morgan fingerprint density at radius 2 is 2.15 bits per heavy atom. The van der Waals surface area contributed by atoms with Crippen LogP contribution in [-0.2, 0) is 0 Å². The van der Waals surface area contributed by atoms with Crippen LogP contribution in [-0.4, -0.2) is 16.6 Å². The van der Waals surface area contributed by atoms with E-state index in [0.717, 1.165) is 11.6 Å². The molecular weight excluding hydrogens is 335 g/mol. The molecule has 0 bridgehead atoms. The van der Waals surface area contributed by atoms with Crippen molar-refractivity contribution >= 4 is 29.1 Å². The standard InChI is InChI=1S/C19H15FN4O2/c20-15-10-13(24-19(25)17-4-2-8-26-17)9-14(18(15)22)16(21)6-5-12-3-1-7-23-11-12/h1-11,21H,22H2,(H,24,25)/p+1/b6-5+,21-16?. The van der Waals surface area contributed by atoms with Crippen LogP contribution in [0.1, 0.15) is 21.7 Å². The fourth-order valence-corrected chi connectivity index (χ4v) is 2.28. The molecular formula is C19H16FN4O2+. The summed E-state index contributed by atoms with van der Waals surface area (Å²) in [6.07, 6.45) is 8.02. The Labute approximate surface area is 148 Å². The molecule has 0 saturated heterocycles. The molecule has 0 spiro atoms. The summed E-state index contributed by atoms with van der Waals surface area (Å²) in [5.41, 5.74) is 7.26. The molecule has 0 aliphatic carbocycles. The number of benzene rings is 1. The number of rotatable bonds is 5. The number of hydrogen-bond acceptors (Lipinski definition) is 4. The van der Waals surface area contributed by atoms with Crippen LogP contribution in [0, 0.1) is 5.82 Å². The SMILES string of the molecule is Nc1c(F)cc(NC(=O)c2ccco2)cc1C(=[NH2+])/C=C/c1cccnc1. The van der Waals surface area contributed by atoms with Gasteiger partial charge in [0.2, 0.25) is 5.71 Å².